The second-order valence-electron chi connectivity index (χ2n) is 5.56. The number of pyridine rings is 1. The van der Waals surface area contributed by atoms with Gasteiger partial charge in [0.15, 0.2) is 5.78 Å². The first kappa shape index (κ1) is 13.0. The molecule has 0 fully saturated rings. The third-order valence-corrected chi connectivity index (χ3v) is 4.37. The Morgan fingerprint density at radius 2 is 1.86 bits per heavy atom. The molecule has 0 N–H and O–H groups in total. The highest BCUT2D eigenvalue weighted by Crippen LogP contribution is 2.41. The van der Waals surface area contributed by atoms with E-state index in [1.807, 2.05) is 42.5 Å². The van der Waals surface area contributed by atoms with Crippen molar-refractivity contribution in [2.45, 2.75) is 12.3 Å². The third-order valence-electron chi connectivity index (χ3n) is 4.37. The summed E-state index contributed by atoms with van der Waals surface area (Å²) in [4.78, 5) is 16.8. The summed E-state index contributed by atoms with van der Waals surface area (Å²) in [6, 6.07) is 16.0. The molecule has 1 aliphatic rings. The minimum Gasteiger partial charge on any atom is -0.497 e. The maximum atomic E-state index is 12.4. The van der Waals surface area contributed by atoms with Crippen LogP contribution in [-0.2, 0) is 0 Å². The minimum atomic E-state index is 0.0984. The number of methoxy groups -OCH3 is 1. The number of fused-ring (bicyclic) bond motifs is 3. The Morgan fingerprint density at radius 1 is 1.09 bits per heavy atom. The van der Waals surface area contributed by atoms with Crippen LogP contribution < -0.4 is 4.74 Å². The van der Waals surface area contributed by atoms with Crippen molar-refractivity contribution in [2.75, 3.05) is 7.11 Å². The molecular weight excluding hydrogens is 274 g/mol. The van der Waals surface area contributed by atoms with Crippen LogP contribution in [0.1, 0.15) is 33.8 Å². The van der Waals surface area contributed by atoms with E-state index < -0.39 is 0 Å². The van der Waals surface area contributed by atoms with Crippen LogP contribution in [0.4, 0.5) is 0 Å². The molecule has 1 unspecified atom stereocenters. The number of para-hydroxylation sites is 1. The zero-order valence-corrected chi connectivity index (χ0v) is 12.2. The molecule has 1 aromatic heterocycles. The maximum absolute atomic E-state index is 12.4. The highest BCUT2D eigenvalue weighted by molar-refractivity contribution is 6.06. The third kappa shape index (κ3) is 1.90. The first-order valence-corrected chi connectivity index (χ1v) is 7.32. The number of carbonyl (C=O) groups excluding carboxylic acids is 1. The predicted molar refractivity (Wildman–Crippen MR) is 85.5 cm³/mol. The number of nitrogens with zero attached hydrogens (tertiary/aromatic N) is 1. The van der Waals surface area contributed by atoms with Crippen molar-refractivity contribution in [1.82, 2.24) is 4.98 Å². The standard InChI is InChI=1S/C19H15NO2/c1-22-13-8-6-12(7-9-13)15-10-18(21)16-11-20-17-5-3-2-4-14(17)19(15)16/h2-9,11,15H,10H2,1H3. The van der Waals surface area contributed by atoms with Gasteiger partial charge in [-0.25, -0.2) is 0 Å². The topological polar surface area (TPSA) is 39.2 Å². The summed E-state index contributed by atoms with van der Waals surface area (Å²) < 4.78 is 5.22. The van der Waals surface area contributed by atoms with E-state index in [1.54, 1.807) is 13.3 Å². The lowest BCUT2D eigenvalue weighted by atomic mass is 9.91. The van der Waals surface area contributed by atoms with E-state index >= 15 is 0 Å². The number of hydrogen-bond donors (Lipinski definition) is 0. The molecule has 22 heavy (non-hydrogen) atoms. The molecule has 3 aromatic rings. The first-order valence-electron chi connectivity index (χ1n) is 7.32. The van der Waals surface area contributed by atoms with E-state index in [1.165, 1.54) is 0 Å². The Labute approximate surface area is 128 Å². The van der Waals surface area contributed by atoms with Crippen LogP contribution in [0.3, 0.4) is 0 Å². The molecular formula is C19H15NO2. The van der Waals surface area contributed by atoms with Gasteiger partial charge in [0, 0.05) is 29.5 Å². The molecule has 3 nitrogen and oxygen atoms in total. The smallest absolute Gasteiger partial charge is 0.165 e. The Hall–Kier alpha value is -2.68. The molecule has 2 aromatic carbocycles. The molecule has 0 saturated heterocycles. The van der Waals surface area contributed by atoms with E-state index in [4.69, 9.17) is 4.74 Å². The Morgan fingerprint density at radius 3 is 2.64 bits per heavy atom. The molecule has 0 spiro atoms. The van der Waals surface area contributed by atoms with Crippen LogP contribution >= 0.6 is 0 Å². The number of hydrogen-bond acceptors (Lipinski definition) is 3. The molecule has 0 bridgehead atoms. The number of rotatable bonds is 2. The van der Waals surface area contributed by atoms with Crippen LogP contribution in [-0.4, -0.2) is 17.9 Å². The monoisotopic (exact) mass is 289 g/mol. The molecule has 0 amide bonds. The van der Waals surface area contributed by atoms with Crippen LogP contribution in [0.2, 0.25) is 0 Å². The Bertz CT molecular complexity index is 868. The number of carbonyl (C=O) groups is 1. The lowest BCUT2D eigenvalue weighted by Gasteiger charge is -2.14. The average Bonchev–Trinajstić information content (AvgIpc) is 2.92. The first-order chi connectivity index (χ1) is 10.8. The van der Waals surface area contributed by atoms with Gasteiger partial charge < -0.3 is 4.74 Å². The zero-order valence-electron chi connectivity index (χ0n) is 12.2. The number of aromatic nitrogens is 1. The fourth-order valence-electron chi connectivity index (χ4n) is 3.28. The van der Waals surface area contributed by atoms with E-state index in [9.17, 15) is 4.79 Å². The van der Waals surface area contributed by atoms with Crippen molar-refractivity contribution < 1.29 is 9.53 Å². The average molecular weight is 289 g/mol. The molecule has 0 aliphatic heterocycles. The lowest BCUT2D eigenvalue weighted by molar-refractivity contribution is 0.0991. The zero-order chi connectivity index (χ0) is 15.1. The largest absolute Gasteiger partial charge is 0.497 e. The Balaban J connectivity index is 1.91. The van der Waals surface area contributed by atoms with Gasteiger partial charge in [-0.05, 0) is 29.3 Å². The van der Waals surface area contributed by atoms with Gasteiger partial charge in [0.05, 0.1) is 12.6 Å². The van der Waals surface area contributed by atoms with Crippen molar-refractivity contribution >= 4 is 16.7 Å². The number of Topliss-reactive ketones (excluding diaryl/α,β-unsaturated/α-hetero) is 1. The van der Waals surface area contributed by atoms with Gasteiger partial charge in [-0.15, -0.1) is 0 Å². The van der Waals surface area contributed by atoms with Crippen molar-refractivity contribution in [3.05, 3.63) is 71.4 Å². The molecule has 1 atom stereocenters. The Kier molecular flexibility index (Phi) is 2.93. The summed E-state index contributed by atoms with van der Waals surface area (Å²) in [7, 11) is 1.66. The van der Waals surface area contributed by atoms with Crippen LogP contribution in [0.5, 0.6) is 5.75 Å². The van der Waals surface area contributed by atoms with Gasteiger partial charge in [-0.2, -0.15) is 0 Å². The van der Waals surface area contributed by atoms with Crippen LogP contribution in [0.25, 0.3) is 10.9 Å². The molecule has 4 rings (SSSR count). The van der Waals surface area contributed by atoms with Gasteiger partial charge in [-0.1, -0.05) is 30.3 Å². The maximum Gasteiger partial charge on any atom is 0.165 e. The number of ether oxygens (including phenoxy) is 1. The lowest BCUT2D eigenvalue weighted by Crippen LogP contribution is -1.98. The van der Waals surface area contributed by atoms with Gasteiger partial charge >= 0.3 is 0 Å². The van der Waals surface area contributed by atoms with Crippen LogP contribution in [0, 0.1) is 0 Å². The summed E-state index contributed by atoms with van der Waals surface area (Å²) in [6.45, 7) is 0. The fourth-order valence-corrected chi connectivity index (χ4v) is 3.28. The molecule has 1 aliphatic carbocycles. The van der Waals surface area contributed by atoms with Crippen molar-refractivity contribution in [3.63, 3.8) is 0 Å². The molecule has 1 heterocycles. The predicted octanol–water partition coefficient (Wildman–Crippen LogP) is 3.96. The minimum absolute atomic E-state index is 0.0984. The quantitative estimate of drug-likeness (QED) is 0.716. The van der Waals surface area contributed by atoms with Gasteiger partial charge in [0.1, 0.15) is 5.75 Å². The second kappa shape index (κ2) is 4.95. The normalized spacial score (nSPS) is 16.8. The summed E-state index contributed by atoms with van der Waals surface area (Å²) >= 11 is 0. The van der Waals surface area contributed by atoms with Gasteiger partial charge in [0.2, 0.25) is 0 Å². The molecule has 108 valence electrons. The number of benzene rings is 2. The summed E-state index contributed by atoms with van der Waals surface area (Å²) in [5, 5.41) is 1.08. The van der Waals surface area contributed by atoms with Crippen molar-refractivity contribution in [1.29, 1.82) is 0 Å². The summed E-state index contributed by atoms with van der Waals surface area (Å²) in [5.74, 6) is 1.10. The van der Waals surface area contributed by atoms with E-state index in [2.05, 4.69) is 11.1 Å². The van der Waals surface area contributed by atoms with E-state index in [0.29, 0.717) is 6.42 Å². The van der Waals surface area contributed by atoms with Crippen LogP contribution in [0.15, 0.2) is 54.7 Å². The fraction of sp³-hybridized carbons (Fsp3) is 0.158. The SMILES string of the molecule is COc1ccc(C2CC(=O)c3cnc4ccccc4c32)cc1. The van der Waals surface area contributed by atoms with E-state index in [-0.39, 0.29) is 11.7 Å². The molecule has 3 heteroatoms. The highest BCUT2D eigenvalue weighted by atomic mass is 16.5. The summed E-state index contributed by atoms with van der Waals surface area (Å²) in [6.07, 6.45) is 2.24. The number of ketones is 1. The second-order valence-corrected chi connectivity index (χ2v) is 5.56. The molecule has 0 radical (unpaired) electrons. The highest BCUT2D eigenvalue weighted by Gasteiger charge is 2.32. The van der Waals surface area contributed by atoms with Crippen molar-refractivity contribution in [2.24, 2.45) is 0 Å². The van der Waals surface area contributed by atoms with Gasteiger partial charge in [-0.3, -0.25) is 9.78 Å². The van der Waals surface area contributed by atoms with Gasteiger partial charge in [0.25, 0.3) is 0 Å². The molecule has 0 saturated carbocycles. The van der Waals surface area contributed by atoms with Crippen molar-refractivity contribution in [3.8, 4) is 5.75 Å². The van der Waals surface area contributed by atoms with E-state index in [0.717, 1.165) is 33.3 Å². The summed E-state index contributed by atoms with van der Waals surface area (Å²) in [5.41, 5.74) is 3.96.